The van der Waals surface area contributed by atoms with Gasteiger partial charge in [0.1, 0.15) is 5.75 Å². The third kappa shape index (κ3) is 1.41. The van der Waals surface area contributed by atoms with Crippen molar-refractivity contribution in [3.8, 4) is 5.75 Å². The van der Waals surface area contributed by atoms with Crippen molar-refractivity contribution in [1.29, 1.82) is 0 Å². The van der Waals surface area contributed by atoms with Gasteiger partial charge < -0.3 is 9.30 Å². The van der Waals surface area contributed by atoms with Crippen molar-refractivity contribution in [3.63, 3.8) is 0 Å². The molecule has 1 aromatic carbocycles. The fourth-order valence-electron chi connectivity index (χ4n) is 2.18. The first-order chi connectivity index (χ1) is 7.66. The van der Waals surface area contributed by atoms with Gasteiger partial charge in [0.25, 0.3) is 0 Å². The highest BCUT2D eigenvalue weighted by atomic mass is 16.5. The number of hydrogen-bond acceptors (Lipinski definition) is 1. The highest BCUT2D eigenvalue weighted by Gasteiger charge is 2.23. The van der Waals surface area contributed by atoms with E-state index in [1.165, 1.54) is 35.0 Å². The Kier molecular flexibility index (Phi) is 2.00. The summed E-state index contributed by atoms with van der Waals surface area (Å²) in [6.07, 6.45) is 2.90. The van der Waals surface area contributed by atoms with Gasteiger partial charge in [0.2, 0.25) is 0 Å². The lowest BCUT2D eigenvalue weighted by atomic mass is 10.1. The minimum absolute atomic E-state index is 0.472. The Labute approximate surface area is 95.8 Å². The molecule has 2 aromatic rings. The maximum atomic E-state index is 5.82. The van der Waals surface area contributed by atoms with Gasteiger partial charge in [-0.1, -0.05) is 0 Å². The van der Waals surface area contributed by atoms with E-state index in [1.54, 1.807) is 0 Å². The minimum Gasteiger partial charge on any atom is -0.490 e. The zero-order valence-electron chi connectivity index (χ0n) is 10.1. The zero-order valence-corrected chi connectivity index (χ0v) is 10.1. The summed E-state index contributed by atoms with van der Waals surface area (Å²) in [6, 6.07) is 6.43. The van der Waals surface area contributed by atoms with Gasteiger partial charge in [0, 0.05) is 24.2 Å². The van der Waals surface area contributed by atoms with Gasteiger partial charge in [-0.2, -0.15) is 0 Å². The molecule has 0 N–H and O–H groups in total. The van der Waals surface area contributed by atoms with Crippen LogP contribution in [-0.2, 0) is 7.05 Å². The van der Waals surface area contributed by atoms with E-state index in [1.807, 2.05) is 0 Å². The number of aryl methyl sites for hydroxylation is 2. The maximum absolute atomic E-state index is 5.82. The van der Waals surface area contributed by atoms with Crippen LogP contribution in [0, 0.1) is 13.8 Å². The summed E-state index contributed by atoms with van der Waals surface area (Å²) >= 11 is 0. The summed E-state index contributed by atoms with van der Waals surface area (Å²) in [6.45, 7) is 4.34. The Balaban J connectivity index is 2.12. The van der Waals surface area contributed by atoms with Gasteiger partial charge in [0.15, 0.2) is 0 Å². The van der Waals surface area contributed by atoms with Gasteiger partial charge in [0.05, 0.1) is 11.6 Å². The molecule has 2 heteroatoms. The van der Waals surface area contributed by atoms with Gasteiger partial charge in [-0.15, -0.1) is 0 Å². The van der Waals surface area contributed by atoms with Crippen molar-refractivity contribution in [2.45, 2.75) is 32.8 Å². The molecule has 1 fully saturated rings. The quantitative estimate of drug-likeness (QED) is 0.749. The Morgan fingerprint density at radius 3 is 2.69 bits per heavy atom. The molecule has 0 amide bonds. The predicted molar refractivity (Wildman–Crippen MR) is 66.0 cm³/mol. The van der Waals surface area contributed by atoms with Crippen molar-refractivity contribution >= 4 is 10.9 Å². The topological polar surface area (TPSA) is 14.2 Å². The molecule has 0 radical (unpaired) electrons. The van der Waals surface area contributed by atoms with Crippen LogP contribution in [0.2, 0.25) is 0 Å². The molecule has 1 heterocycles. The molecular weight excluding hydrogens is 198 g/mol. The summed E-state index contributed by atoms with van der Waals surface area (Å²) in [5.41, 5.74) is 3.97. The zero-order chi connectivity index (χ0) is 11.3. The van der Waals surface area contributed by atoms with E-state index in [0.29, 0.717) is 6.10 Å². The molecule has 0 unspecified atom stereocenters. The predicted octanol–water partition coefficient (Wildman–Crippen LogP) is 3.34. The molecule has 2 nitrogen and oxygen atoms in total. The van der Waals surface area contributed by atoms with E-state index in [-0.39, 0.29) is 0 Å². The fourth-order valence-corrected chi connectivity index (χ4v) is 2.18. The lowest BCUT2D eigenvalue weighted by Gasteiger charge is -2.05. The first-order valence-corrected chi connectivity index (χ1v) is 5.89. The second kappa shape index (κ2) is 3.27. The monoisotopic (exact) mass is 215 g/mol. The van der Waals surface area contributed by atoms with Crippen LogP contribution in [0.4, 0.5) is 0 Å². The second-order valence-corrected chi connectivity index (χ2v) is 4.77. The summed E-state index contributed by atoms with van der Waals surface area (Å²) in [7, 11) is 2.12. The highest BCUT2D eigenvalue weighted by molar-refractivity contribution is 5.86. The lowest BCUT2D eigenvalue weighted by Crippen LogP contribution is -1.96. The lowest BCUT2D eigenvalue weighted by molar-refractivity contribution is 0.303. The Morgan fingerprint density at radius 1 is 1.25 bits per heavy atom. The van der Waals surface area contributed by atoms with Crippen molar-refractivity contribution in [3.05, 3.63) is 29.5 Å². The van der Waals surface area contributed by atoms with Crippen molar-refractivity contribution in [2.75, 3.05) is 0 Å². The average Bonchev–Trinajstić information content (AvgIpc) is 3.06. The van der Waals surface area contributed by atoms with Crippen LogP contribution in [-0.4, -0.2) is 10.7 Å². The van der Waals surface area contributed by atoms with Crippen LogP contribution in [0.25, 0.3) is 10.9 Å². The number of aromatic nitrogens is 1. The fraction of sp³-hybridized carbons (Fsp3) is 0.429. The summed E-state index contributed by atoms with van der Waals surface area (Å²) < 4.78 is 8.06. The second-order valence-electron chi connectivity index (χ2n) is 4.77. The largest absolute Gasteiger partial charge is 0.490 e. The van der Waals surface area contributed by atoms with Crippen LogP contribution in [0.3, 0.4) is 0 Å². The summed E-state index contributed by atoms with van der Waals surface area (Å²) in [4.78, 5) is 0. The van der Waals surface area contributed by atoms with Crippen LogP contribution < -0.4 is 4.74 Å². The Morgan fingerprint density at radius 2 is 2.00 bits per heavy atom. The summed E-state index contributed by atoms with van der Waals surface area (Å²) in [5.74, 6) is 1.01. The van der Waals surface area contributed by atoms with Crippen molar-refractivity contribution in [1.82, 2.24) is 4.57 Å². The third-order valence-electron chi connectivity index (χ3n) is 3.61. The number of rotatable bonds is 2. The Bertz CT molecular complexity index is 549. The van der Waals surface area contributed by atoms with Crippen LogP contribution in [0.5, 0.6) is 5.75 Å². The first-order valence-electron chi connectivity index (χ1n) is 5.89. The smallest absolute Gasteiger partial charge is 0.121 e. The molecule has 0 spiro atoms. The van der Waals surface area contributed by atoms with Crippen LogP contribution in [0.1, 0.15) is 24.1 Å². The van der Waals surface area contributed by atoms with E-state index < -0.39 is 0 Å². The molecule has 1 aliphatic carbocycles. The number of ether oxygens (including phenoxy) is 1. The SMILES string of the molecule is Cc1c(C)n(C)c2cc(OC3CC3)ccc12. The molecule has 0 saturated heterocycles. The third-order valence-corrected chi connectivity index (χ3v) is 3.61. The molecule has 0 bridgehead atoms. The number of fused-ring (bicyclic) bond motifs is 1. The number of nitrogens with zero attached hydrogens (tertiary/aromatic N) is 1. The molecule has 3 rings (SSSR count). The van der Waals surface area contributed by atoms with Gasteiger partial charge in [-0.3, -0.25) is 0 Å². The normalized spacial score (nSPS) is 15.7. The van der Waals surface area contributed by atoms with Crippen LogP contribution >= 0.6 is 0 Å². The van der Waals surface area contributed by atoms with Gasteiger partial charge >= 0.3 is 0 Å². The van der Waals surface area contributed by atoms with Gasteiger partial charge in [-0.05, 0) is 44.4 Å². The molecule has 1 saturated carbocycles. The number of benzene rings is 1. The van der Waals surface area contributed by atoms with E-state index >= 15 is 0 Å². The maximum Gasteiger partial charge on any atom is 0.121 e. The van der Waals surface area contributed by atoms with E-state index in [4.69, 9.17) is 4.74 Å². The molecule has 0 aliphatic heterocycles. The van der Waals surface area contributed by atoms with Crippen molar-refractivity contribution < 1.29 is 4.74 Å². The van der Waals surface area contributed by atoms with E-state index in [0.717, 1.165) is 5.75 Å². The minimum atomic E-state index is 0.472. The van der Waals surface area contributed by atoms with E-state index in [2.05, 4.69) is 43.7 Å². The number of hydrogen-bond donors (Lipinski definition) is 0. The highest BCUT2D eigenvalue weighted by Crippen LogP contribution is 2.31. The molecular formula is C14H17NO. The summed E-state index contributed by atoms with van der Waals surface area (Å²) in [5, 5.41) is 1.34. The van der Waals surface area contributed by atoms with Crippen LogP contribution in [0.15, 0.2) is 18.2 Å². The Hall–Kier alpha value is -1.44. The van der Waals surface area contributed by atoms with E-state index in [9.17, 15) is 0 Å². The van der Waals surface area contributed by atoms with Gasteiger partial charge in [-0.25, -0.2) is 0 Å². The molecule has 84 valence electrons. The molecule has 16 heavy (non-hydrogen) atoms. The molecule has 1 aliphatic rings. The first kappa shape index (κ1) is 9.76. The molecule has 1 aromatic heterocycles. The standard InChI is InChI=1S/C14H17NO/c1-9-10(2)15(3)14-8-12(6-7-13(9)14)16-11-4-5-11/h6-8,11H,4-5H2,1-3H3. The van der Waals surface area contributed by atoms with Crippen molar-refractivity contribution in [2.24, 2.45) is 7.05 Å². The molecule has 0 atom stereocenters. The average molecular weight is 215 g/mol.